The van der Waals surface area contributed by atoms with E-state index in [-0.39, 0.29) is 29.5 Å². The van der Waals surface area contributed by atoms with Crippen LogP contribution in [-0.4, -0.2) is 41.7 Å². The molecule has 1 saturated heterocycles. The lowest BCUT2D eigenvalue weighted by atomic mass is 10.1. The first-order valence-corrected chi connectivity index (χ1v) is 11.4. The molecule has 1 N–H and O–H groups in total. The Morgan fingerprint density at radius 2 is 1.80 bits per heavy atom. The second-order valence-electron chi connectivity index (χ2n) is 7.89. The van der Waals surface area contributed by atoms with Crippen molar-refractivity contribution >= 4 is 15.7 Å². The van der Waals surface area contributed by atoms with Gasteiger partial charge in [0.15, 0.2) is 9.84 Å². The van der Waals surface area contributed by atoms with Gasteiger partial charge in [-0.25, -0.2) is 8.42 Å². The second kappa shape index (κ2) is 6.74. The Labute approximate surface area is 149 Å². The lowest BCUT2D eigenvalue weighted by Crippen LogP contribution is -2.34. The largest absolute Gasteiger partial charge is 0.348 e. The van der Waals surface area contributed by atoms with Crippen LogP contribution in [0.15, 0.2) is 6.07 Å². The van der Waals surface area contributed by atoms with Gasteiger partial charge in [0, 0.05) is 17.7 Å². The van der Waals surface area contributed by atoms with Gasteiger partial charge in [0.05, 0.1) is 17.5 Å². The van der Waals surface area contributed by atoms with Gasteiger partial charge in [0.25, 0.3) is 5.91 Å². The lowest BCUT2D eigenvalue weighted by molar-refractivity contribution is 0.0927. The number of aromatic nitrogens is 2. The number of nitrogens with one attached hydrogen (secondary N) is 1. The van der Waals surface area contributed by atoms with Gasteiger partial charge in [0.1, 0.15) is 5.69 Å². The van der Waals surface area contributed by atoms with E-state index in [2.05, 4.69) is 10.4 Å². The van der Waals surface area contributed by atoms with Crippen molar-refractivity contribution < 1.29 is 13.2 Å². The van der Waals surface area contributed by atoms with Crippen molar-refractivity contribution in [3.63, 3.8) is 0 Å². The van der Waals surface area contributed by atoms with Crippen molar-refractivity contribution in [1.82, 2.24) is 15.1 Å². The Bertz CT molecular complexity index is 744. The van der Waals surface area contributed by atoms with Gasteiger partial charge in [-0.2, -0.15) is 5.10 Å². The van der Waals surface area contributed by atoms with Crippen LogP contribution >= 0.6 is 0 Å². The van der Waals surface area contributed by atoms with Crippen molar-refractivity contribution in [3.05, 3.63) is 17.5 Å². The maximum atomic E-state index is 12.7. The molecule has 4 rings (SSSR count). The second-order valence-corrected chi connectivity index (χ2v) is 10.1. The van der Waals surface area contributed by atoms with E-state index in [4.69, 9.17) is 0 Å². The maximum Gasteiger partial charge on any atom is 0.272 e. The molecule has 1 atom stereocenters. The molecular weight excluding hydrogens is 338 g/mol. The van der Waals surface area contributed by atoms with Crippen LogP contribution in [-0.2, 0) is 9.84 Å². The Kier molecular flexibility index (Phi) is 4.60. The molecule has 2 aliphatic carbocycles. The molecule has 0 radical (unpaired) electrons. The van der Waals surface area contributed by atoms with Gasteiger partial charge >= 0.3 is 0 Å². The first-order chi connectivity index (χ1) is 12.0. The third-order valence-electron chi connectivity index (χ3n) is 5.74. The van der Waals surface area contributed by atoms with Crippen LogP contribution < -0.4 is 5.32 Å². The zero-order valence-electron chi connectivity index (χ0n) is 14.6. The molecule has 1 aliphatic heterocycles. The van der Waals surface area contributed by atoms with Crippen LogP contribution in [0, 0.1) is 0 Å². The van der Waals surface area contributed by atoms with Crippen LogP contribution in [0.2, 0.25) is 0 Å². The Balaban J connectivity index is 1.52. The molecule has 3 fully saturated rings. The first kappa shape index (κ1) is 17.1. The number of carbonyl (C=O) groups excluding carboxylic acids is 1. The zero-order valence-corrected chi connectivity index (χ0v) is 15.4. The normalized spacial score (nSPS) is 27.1. The molecular formula is C18H27N3O3S. The third kappa shape index (κ3) is 3.91. The molecule has 0 aromatic carbocycles. The molecule has 2 saturated carbocycles. The summed E-state index contributed by atoms with van der Waals surface area (Å²) in [6.07, 6.45) is 9.76. The number of nitrogens with zero attached hydrogens (tertiary/aromatic N) is 2. The van der Waals surface area contributed by atoms with Gasteiger partial charge in [-0.15, -0.1) is 0 Å². The highest BCUT2D eigenvalue weighted by Gasteiger charge is 2.36. The average Bonchev–Trinajstić information content (AvgIpc) is 3.28. The Morgan fingerprint density at radius 1 is 1.08 bits per heavy atom. The fraction of sp³-hybridized carbons (Fsp3) is 0.778. The predicted molar refractivity (Wildman–Crippen MR) is 95.5 cm³/mol. The maximum absolute atomic E-state index is 12.7. The van der Waals surface area contributed by atoms with Crippen LogP contribution in [0.5, 0.6) is 0 Å². The molecule has 138 valence electrons. The summed E-state index contributed by atoms with van der Waals surface area (Å²) in [7, 11) is -2.96. The highest BCUT2D eigenvalue weighted by atomic mass is 32.2. The van der Waals surface area contributed by atoms with E-state index < -0.39 is 9.84 Å². The number of amides is 1. The van der Waals surface area contributed by atoms with Gasteiger partial charge in [-0.1, -0.05) is 25.7 Å². The fourth-order valence-electron chi connectivity index (χ4n) is 4.15. The quantitative estimate of drug-likeness (QED) is 0.832. The molecule has 6 nitrogen and oxygen atoms in total. The Hall–Kier alpha value is -1.37. The van der Waals surface area contributed by atoms with Crippen molar-refractivity contribution in [3.8, 4) is 0 Å². The van der Waals surface area contributed by atoms with Crippen LogP contribution in [0.4, 0.5) is 0 Å². The lowest BCUT2D eigenvalue weighted by Gasteiger charge is -2.15. The minimum absolute atomic E-state index is 0.103. The minimum Gasteiger partial charge on any atom is -0.348 e. The summed E-state index contributed by atoms with van der Waals surface area (Å²) in [6.45, 7) is 0. The van der Waals surface area contributed by atoms with Crippen molar-refractivity contribution in [1.29, 1.82) is 0 Å². The number of rotatable bonds is 4. The van der Waals surface area contributed by atoms with E-state index in [9.17, 15) is 13.2 Å². The highest BCUT2D eigenvalue weighted by Crippen LogP contribution is 2.42. The summed E-state index contributed by atoms with van der Waals surface area (Å²) in [6, 6.07) is 2.03. The molecule has 2 heterocycles. The van der Waals surface area contributed by atoms with E-state index in [1.807, 2.05) is 10.7 Å². The monoisotopic (exact) mass is 365 g/mol. The topological polar surface area (TPSA) is 81.1 Å². The molecule has 7 heteroatoms. The number of carbonyl (C=O) groups is 1. The average molecular weight is 365 g/mol. The highest BCUT2D eigenvalue weighted by molar-refractivity contribution is 7.91. The summed E-state index contributed by atoms with van der Waals surface area (Å²) in [5.41, 5.74) is 1.50. The number of hydrogen-bond acceptors (Lipinski definition) is 4. The van der Waals surface area contributed by atoms with Gasteiger partial charge in [-0.3, -0.25) is 9.48 Å². The zero-order chi connectivity index (χ0) is 17.4. The van der Waals surface area contributed by atoms with Gasteiger partial charge in [-0.05, 0) is 38.2 Å². The van der Waals surface area contributed by atoms with Crippen molar-refractivity contribution in [2.75, 3.05) is 11.5 Å². The van der Waals surface area contributed by atoms with E-state index in [0.717, 1.165) is 31.4 Å². The molecule has 1 aromatic rings. The SMILES string of the molecule is O=C(NC1CCCCCC1)c1cc(C2CC2)n(C2CCS(=O)(=O)C2)n1. The van der Waals surface area contributed by atoms with Crippen LogP contribution in [0.25, 0.3) is 0 Å². The van der Waals surface area contributed by atoms with Crippen molar-refractivity contribution in [2.45, 2.75) is 75.8 Å². The molecule has 3 aliphatic rings. The fourth-order valence-corrected chi connectivity index (χ4v) is 5.84. The van der Waals surface area contributed by atoms with E-state index in [1.54, 1.807) is 0 Å². The smallest absolute Gasteiger partial charge is 0.272 e. The third-order valence-corrected chi connectivity index (χ3v) is 7.49. The predicted octanol–water partition coefficient (Wildman–Crippen LogP) is 2.57. The number of sulfone groups is 1. The molecule has 1 unspecified atom stereocenters. The number of hydrogen-bond donors (Lipinski definition) is 1. The van der Waals surface area contributed by atoms with Gasteiger partial charge in [0.2, 0.25) is 0 Å². The molecule has 25 heavy (non-hydrogen) atoms. The first-order valence-electron chi connectivity index (χ1n) is 9.62. The van der Waals surface area contributed by atoms with Crippen molar-refractivity contribution in [2.24, 2.45) is 0 Å². The summed E-state index contributed by atoms with van der Waals surface area (Å²) in [4.78, 5) is 12.7. The molecule has 0 bridgehead atoms. The Morgan fingerprint density at radius 3 is 2.40 bits per heavy atom. The van der Waals surface area contributed by atoms with E-state index in [1.165, 1.54) is 25.7 Å². The molecule has 1 amide bonds. The molecule has 0 spiro atoms. The van der Waals surface area contributed by atoms with Gasteiger partial charge < -0.3 is 5.32 Å². The molecule has 1 aromatic heterocycles. The van der Waals surface area contributed by atoms with Crippen LogP contribution in [0.1, 0.15) is 85.9 Å². The van der Waals surface area contributed by atoms with Crippen LogP contribution in [0.3, 0.4) is 0 Å². The van der Waals surface area contributed by atoms with E-state index in [0.29, 0.717) is 18.0 Å². The minimum atomic E-state index is -2.96. The summed E-state index contributed by atoms with van der Waals surface area (Å²) >= 11 is 0. The summed E-state index contributed by atoms with van der Waals surface area (Å²) in [5, 5.41) is 7.70. The van der Waals surface area contributed by atoms with E-state index >= 15 is 0 Å². The summed E-state index contributed by atoms with van der Waals surface area (Å²) in [5.74, 6) is 0.715. The summed E-state index contributed by atoms with van der Waals surface area (Å²) < 4.78 is 25.5. The standard InChI is InChI=1S/C18H27N3O3S/c22-18(19-14-5-3-1-2-4-6-14)16-11-17(13-7-8-13)21(20-16)15-9-10-25(23,24)12-15/h11,13-15H,1-10,12H2,(H,19,22).